The van der Waals surface area contributed by atoms with Crippen LogP contribution in [0, 0.1) is 0 Å². The van der Waals surface area contributed by atoms with Gasteiger partial charge in [0.15, 0.2) is 5.78 Å². The van der Waals surface area contributed by atoms with Gasteiger partial charge in [-0.3, -0.25) is 4.79 Å². The van der Waals surface area contributed by atoms with E-state index in [1.54, 1.807) is 6.08 Å². The van der Waals surface area contributed by atoms with Crippen LogP contribution in [0.1, 0.15) is 15.9 Å². The first-order valence-electron chi connectivity index (χ1n) is 9.92. The van der Waals surface area contributed by atoms with Crippen molar-refractivity contribution in [3.63, 3.8) is 0 Å². The zero-order valence-electron chi connectivity index (χ0n) is 16.5. The smallest absolute Gasteiger partial charge is 0.185 e. The predicted octanol–water partition coefficient (Wildman–Crippen LogP) is 6.22. The number of allylic oxidation sites excluding steroid dienone is 1. The third kappa shape index (κ3) is 5.05. The van der Waals surface area contributed by atoms with Crippen molar-refractivity contribution in [1.29, 1.82) is 0 Å². The molecule has 1 fully saturated rings. The highest BCUT2D eigenvalue weighted by Gasteiger charge is 2.18. The van der Waals surface area contributed by atoms with Crippen LogP contribution in [0.2, 0.25) is 10.0 Å². The first-order valence-corrected chi connectivity index (χ1v) is 10.7. The normalized spacial score (nSPS) is 14.3. The summed E-state index contributed by atoms with van der Waals surface area (Å²) in [4.78, 5) is 17.2. The van der Waals surface area contributed by atoms with E-state index in [1.807, 2.05) is 72.8 Å². The summed E-state index contributed by atoms with van der Waals surface area (Å²) in [6, 6.07) is 23.2. The molecule has 3 aromatic carbocycles. The summed E-state index contributed by atoms with van der Waals surface area (Å²) in [6.07, 6.45) is 3.41. The van der Waals surface area contributed by atoms with Crippen molar-refractivity contribution in [2.24, 2.45) is 0 Å². The Morgan fingerprint density at radius 2 is 1.37 bits per heavy atom. The minimum atomic E-state index is -0.0118. The van der Waals surface area contributed by atoms with E-state index in [2.05, 4.69) is 15.9 Å². The third-order valence-electron chi connectivity index (χ3n) is 5.27. The lowest BCUT2D eigenvalue weighted by atomic mass is 10.1. The molecule has 5 heteroatoms. The highest BCUT2D eigenvalue weighted by Crippen LogP contribution is 2.23. The van der Waals surface area contributed by atoms with Crippen molar-refractivity contribution in [2.45, 2.75) is 0 Å². The first-order chi connectivity index (χ1) is 14.6. The van der Waals surface area contributed by atoms with E-state index in [0.29, 0.717) is 10.6 Å². The van der Waals surface area contributed by atoms with Crippen molar-refractivity contribution in [3.05, 3.63) is 100 Å². The fourth-order valence-corrected chi connectivity index (χ4v) is 3.88. The van der Waals surface area contributed by atoms with Gasteiger partial charge in [0.2, 0.25) is 0 Å². The van der Waals surface area contributed by atoms with E-state index in [0.717, 1.165) is 48.1 Å². The molecule has 0 aromatic heterocycles. The number of carbonyl (C=O) groups excluding carboxylic acids is 1. The SMILES string of the molecule is O=C(/C=C/c1ccc(Cl)cc1)c1ccc(N2CCN(c3cccc(Cl)c3)CC2)cc1. The maximum atomic E-state index is 12.5. The predicted molar refractivity (Wildman–Crippen MR) is 127 cm³/mol. The molecule has 0 aliphatic carbocycles. The van der Waals surface area contributed by atoms with Gasteiger partial charge in [0, 0.05) is 53.2 Å². The van der Waals surface area contributed by atoms with Crippen LogP contribution in [-0.4, -0.2) is 32.0 Å². The number of hydrogen-bond donors (Lipinski definition) is 0. The molecule has 3 nitrogen and oxygen atoms in total. The number of halogens is 2. The summed E-state index contributed by atoms with van der Waals surface area (Å²) in [5.41, 5.74) is 3.93. The topological polar surface area (TPSA) is 23.6 Å². The standard InChI is InChI=1S/C25H22Cl2N2O/c26-21-9-4-19(5-10-21)6-13-25(30)20-7-11-23(12-8-20)28-14-16-29(17-15-28)24-3-1-2-22(27)18-24/h1-13,18H,14-17H2/b13-6+. The van der Waals surface area contributed by atoms with Gasteiger partial charge in [0.1, 0.15) is 0 Å². The van der Waals surface area contributed by atoms with Gasteiger partial charge < -0.3 is 9.80 Å². The number of hydrogen-bond acceptors (Lipinski definition) is 3. The fraction of sp³-hybridized carbons (Fsp3) is 0.160. The lowest BCUT2D eigenvalue weighted by molar-refractivity contribution is 0.104. The summed E-state index contributed by atoms with van der Waals surface area (Å²) >= 11 is 12.0. The quantitative estimate of drug-likeness (QED) is 0.350. The Balaban J connectivity index is 1.35. The second kappa shape index (κ2) is 9.38. The molecule has 0 bridgehead atoms. The molecule has 1 saturated heterocycles. The van der Waals surface area contributed by atoms with Crippen LogP contribution in [-0.2, 0) is 0 Å². The molecular formula is C25H22Cl2N2O. The second-order valence-electron chi connectivity index (χ2n) is 7.25. The summed E-state index contributed by atoms with van der Waals surface area (Å²) in [6.45, 7) is 3.72. The van der Waals surface area contributed by atoms with Crippen LogP contribution in [0.5, 0.6) is 0 Å². The molecule has 0 saturated carbocycles. The number of ketones is 1. The maximum absolute atomic E-state index is 12.5. The number of anilines is 2. The van der Waals surface area contributed by atoms with E-state index in [1.165, 1.54) is 0 Å². The van der Waals surface area contributed by atoms with Gasteiger partial charge in [-0.2, -0.15) is 0 Å². The molecule has 0 unspecified atom stereocenters. The van der Waals surface area contributed by atoms with Crippen molar-refractivity contribution in [2.75, 3.05) is 36.0 Å². The molecule has 1 aliphatic heterocycles. The average Bonchev–Trinajstić information content (AvgIpc) is 2.79. The highest BCUT2D eigenvalue weighted by atomic mass is 35.5. The Bertz CT molecular complexity index is 1040. The van der Waals surface area contributed by atoms with E-state index in [9.17, 15) is 4.79 Å². The van der Waals surface area contributed by atoms with E-state index in [-0.39, 0.29) is 5.78 Å². The molecular weight excluding hydrogens is 415 g/mol. The van der Waals surface area contributed by atoms with Gasteiger partial charge in [0.25, 0.3) is 0 Å². The summed E-state index contributed by atoms with van der Waals surface area (Å²) in [7, 11) is 0. The molecule has 0 N–H and O–H groups in total. The van der Waals surface area contributed by atoms with Crippen molar-refractivity contribution in [1.82, 2.24) is 0 Å². The number of piperazine rings is 1. The number of rotatable bonds is 5. The highest BCUT2D eigenvalue weighted by molar-refractivity contribution is 6.31. The lowest BCUT2D eigenvalue weighted by Gasteiger charge is -2.37. The lowest BCUT2D eigenvalue weighted by Crippen LogP contribution is -2.46. The summed E-state index contributed by atoms with van der Waals surface area (Å²) < 4.78 is 0. The zero-order chi connectivity index (χ0) is 20.9. The maximum Gasteiger partial charge on any atom is 0.185 e. The number of carbonyl (C=O) groups is 1. The van der Waals surface area contributed by atoms with Crippen LogP contribution in [0.15, 0.2) is 78.9 Å². The second-order valence-corrected chi connectivity index (χ2v) is 8.12. The molecule has 152 valence electrons. The van der Waals surface area contributed by atoms with Gasteiger partial charge >= 0.3 is 0 Å². The Hall–Kier alpha value is -2.75. The molecule has 30 heavy (non-hydrogen) atoms. The molecule has 0 amide bonds. The van der Waals surface area contributed by atoms with Crippen molar-refractivity contribution < 1.29 is 4.79 Å². The fourth-order valence-electron chi connectivity index (χ4n) is 3.57. The minimum Gasteiger partial charge on any atom is -0.368 e. The average molecular weight is 437 g/mol. The summed E-state index contributed by atoms with van der Waals surface area (Å²) in [5, 5.41) is 1.45. The molecule has 0 radical (unpaired) electrons. The van der Waals surface area contributed by atoms with E-state index in [4.69, 9.17) is 23.2 Å². The van der Waals surface area contributed by atoms with Gasteiger partial charge in [0.05, 0.1) is 0 Å². The van der Waals surface area contributed by atoms with Crippen LogP contribution in [0.25, 0.3) is 6.08 Å². The van der Waals surface area contributed by atoms with E-state index >= 15 is 0 Å². The Labute approximate surface area is 187 Å². The monoisotopic (exact) mass is 436 g/mol. The molecule has 3 aromatic rings. The molecule has 4 rings (SSSR count). The van der Waals surface area contributed by atoms with Crippen LogP contribution >= 0.6 is 23.2 Å². The minimum absolute atomic E-state index is 0.0118. The number of benzene rings is 3. The van der Waals surface area contributed by atoms with Gasteiger partial charge in [-0.15, -0.1) is 0 Å². The Morgan fingerprint density at radius 1 is 0.733 bits per heavy atom. The number of nitrogens with zero attached hydrogens (tertiary/aromatic N) is 2. The zero-order valence-corrected chi connectivity index (χ0v) is 18.0. The van der Waals surface area contributed by atoms with Gasteiger partial charge in [-0.25, -0.2) is 0 Å². The van der Waals surface area contributed by atoms with E-state index < -0.39 is 0 Å². The van der Waals surface area contributed by atoms with Crippen LogP contribution < -0.4 is 9.80 Å². The molecule has 0 spiro atoms. The van der Waals surface area contributed by atoms with Crippen LogP contribution in [0.3, 0.4) is 0 Å². The summed E-state index contributed by atoms with van der Waals surface area (Å²) in [5.74, 6) is -0.0118. The Morgan fingerprint density at radius 3 is 2.00 bits per heavy atom. The van der Waals surface area contributed by atoms with Crippen LogP contribution in [0.4, 0.5) is 11.4 Å². The van der Waals surface area contributed by atoms with Crippen molar-refractivity contribution >= 4 is 46.4 Å². The Kier molecular flexibility index (Phi) is 6.41. The largest absolute Gasteiger partial charge is 0.368 e. The molecule has 1 aliphatic rings. The molecule has 0 atom stereocenters. The van der Waals surface area contributed by atoms with Gasteiger partial charge in [-0.1, -0.05) is 47.5 Å². The third-order valence-corrected chi connectivity index (χ3v) is 5.75. The first kappa shape index (κ1) is 20.5. The van der Waals surface area contributed by atoms with Gasteiger partial charge in [-0.05, 0) is 66.2 Å². The molecule has 1 heterocycles. The van der Waals surface area contributed by atoms with Crippen molar-refractivity contribution in [3.8, 4) is 0 Å².